The quantitative estimate of drug-likeness (QED) is 0.576. The number of para-hydroxylation sites is 1. The van der Waals surface area contributed by atoms with Crippen LogP contribution in [0.2, 0.25) is 0 Å². The van der Waals surface area contributed by atoms with Crippen LogP contribution in [0.25, 0.3) is 11.1 Å². The van der Waals surface area contributed by atoms with Gasteiger partial charge >= 0.3 is 0 Å². The Morgan fingerprint density at radius 2 is 1.73 bits per heavy atom. The zero-order valence-corrected chi connectivity index (χ0v) is 8.83. The molecule has 0 saturated carbocycles. The van der Waals surface area contributed by atoms with Crippen molar-refractivity contribution in [2.75, 3.05) is 0 Å². The monoisotopic (exact) mass is 196 g/mol. The smallest absolute Gasteiger partial charge is 0.142 e. The minimum Gasteiger partial charge on any atom is -0.281 e. The molecule has 0 radical (unpaired) electrons. The van der Waals surface area contributed by atoms with Gasteiger partial charge in [-0.2, -0.15) is 0 Å². The fourth-order valence-corrected chi connectivity index (χ4v) is 2.22. The Kier molecular flexibility index (Phi) is 1.86. The first-order valence-electron chi connectivity index (χ1n) is 5.45. The lowest BCUT2D eigenvalue weighted by Gasteiger charge is -1.99. The Hall–Kier alpha value is -1.60. The zero-order valence-electron chi connectivity index (χ0n) is 8.83. The molecule has 74 valence electrons. The summed E-state index contributed by atoms with van der Waals surface area (Å²) in [6, 6.07) is 15.4. The van der Waals surface area contributed by atoms with Gasteiger partial charge in [0.25, 0.3) is 0 Å². The fourth-order valence-electron chi connectivity index (χ4n) is 2.22. The third kappa shape index (κ3) is 1.28. The second kappa shape index (κ2) is 3.21. The summed E-state index contributed by atoms with van der Waals surface area (Å²) in [5, 5.41) is 2.27. The molecule has 1 heteroatoms. The largest absolute Gasteiger partial charge is 0.281 e. The maximum Gasteiger partial charge on any atom is 0.142 e. The number of hydrogen-bond donors (Lipinski definition) is 1. The highest BCUT2D eigenvalue weighted by Gasteiger charge is 2.22. The first-order valence-corrected chi connectivity index (χ1v) is 5.45. The van der Waals surface area contributed by atoms with E-state index in [0.717, 1.165) is 6.42 Å². The van der Waals surface area contributed by atoms with Crippen LogP contribution < -0.4 is 5.32 Å². The number of benzene rings is 2. The first-order chi connectivity index (χ1) is 7.38. The SMILES string of the molecule is CCc1ccc2c(c1)-c1ccccc1[NH2+]2. The van der Waals surface area contributed by atoms with Crippen LogP contribution in [0.1, 0.15) is 12.5 Å². The lowest BCUT2D eigenvalue weighted by atomic mass is 10.0. The van der Waals surface area contributed by atoms with Crippen molar-refractivity contribution in [2.24, 2.45) is 0 Å². The molecule has 2 N–H and O–H groups in total. The number of rotatable bonds is 1. The van der Waals surface area contributed by atoms with Crippen LogP contribution >= 0.6 is 0 Å². The average Bonchev–Trinajstić information content (AvgIpc) is 2.66. The molecule has 0 amide bonds. The molecule has 2 aromatic carbocycles. The van der Waals surface area contributed by atoms with Gasteiger partial charge in [-0.25, -0.2) is 0 Å². The van der Waals surface area contributed by atoms with E-state index in [9.17, 15) is 0 Å². The van der Waals surface area contributed by atoms with Crippen LogP contribution in [0.3, 0.4) is 0 Å². The summed E-state index contributed by atoms with van der Waals surface area (Å²) in [4.78, 5) is 0. The average molecular weight is 196 g/mol. The molecule has 15 heavy (non-hydrogen) atoms. The van der Waals surface area contributed by atoms with E-state index in [1.54, 1.807) is 0 Å². The van der Waals surface area contributed by atoms with Gasteiger partial charge in [0.15, 0.2) is 0 Å². The zero-order chi connectivity index (χ0) is 10.3. The van der Waals surface area contributed by atoms with Crippen LogP contribution in [-0.2, 0) is 6.42 Å². The van der Waals surface area contributed by atoms with E-state index < -0.39 is 0 Å². The van der Waals surface area contributed by atoms with E-state index in [4.69, 9.17) is 0 Å². The van der Waals surface area contributed by atoms with Crippen molar-refractivity contribution < 1.29 is 5.32 Å². The Morgan fingerprint density at radius 3 is 2.60 bits per heavy atom. The van der Waals surface area contributed by atoms with Gasteiger partial charge in [-0.1, -0.05) is 25.1 Å². The van der Waals surface area contributed by atoms with Gasteiger partial charge in [-0.3, -0.25) is 5.32 Å². The minimum absolute atomic E-state index is 1.11. The molecule has 0 saturated heterocycles. The van der Waals surface area contributed by atoms with Crippen molar-refractivity contribution >= 4 is 11.4 Å². The number of quaternary nitrogens is 1. The second-order valence-electron chi connectivity index (χ2n) is 4.01. The second-order valence-corrected chi connectivity index (χ2v) is 4.01. The summed E-state index contributed by atoms with van der Waals surface area (Å²) in [6.45, 7) is 2.20. The summed E-state index contributed by atoms with van der Waals surface area (Å²) < 4.78 is 0. The summed E-state index contributed by atoms with van der Waals surface area (Å²) >= 11 is 0. The molecule has 0 unspecified atom stereocenters. The Morgan fingerprint density at radius 1 is 0.933 bits per heavy atom. The number of hydrogen-bond acceptors (Lipinski definition) is 0. The van der Waals surface area contributed by atoms with Crippen LogP contribution in [0.4, 0.5) is 11.4 Å². The van der Waals surface area contributed by atoms with Crippen molar-refractivity contribution in [3.05, 3.63) is 48.0 Å². The topological polar surface area (TPSA) is 16.6 Å². The molecule has 0 fully saturated rings. The standard InChI is InChI=1S/C14H13N/c1-2-10-7-8-14-12(9-10)11-5-3-4-6-13(11)15-14/h3-9,15H,2H2,1H3/p+1. The first kappa shape index (κ1) is 8.69. The number of aryl methyl sites for hydroxylation is 1. The molecule has 0 aliphatic carbocycles. The van der Waals surface area contributed by atoms with Gasteiger partial charge in [0.2, 0.25) is 0 Å². The Labute approximate surface area is 89.8 Å². The van der Waals surface area contributed by atoms with E-state index in [-0.39, 0.29) is 0 Å². The molecule has 0 aromatic heterocycles. The van der Waals surface area contributed by atoms with E-state index in [1.807, 2.05) is 0 Å². The molecule has 1 aliphatic rings. The predicted octanol–water partition coefficient (Wildman–Crippen LogP) is 2.76. The van der Waals surface area contributed by atoms with Crippen LogP contribution in [0.5, 0.6) is 0 Å². The van der Waals surface area contributed by atoms with Gasteiger partial charge in [0, 0.05) is 23.3 Å². The number of fused-ring (bicyclic) bond motifs is 3. The van der Waals surface area contributed by atoms with Gasteiger partial charge in [-0.05, 0) is 24.1 Å². The number of nitrogens with two attached hydrogens (primary N) is 1. The lowest BCUT2D eigenvalue weighted by molar-refractivity contribution is -0.473. The van der Waals surface area contributed by atoms with Crippen LogP contribution in [0, 0.1) is 0 Å². The van der Waals surface area contributed by atoms with Crippen LogP contribution in [-0.4, -0.2) is 0 Å². The van der Waals surface area contributed by atoms with Gasteiger partial charge in [-0.15, -0.1) is 0 Å². The molecule has 1 heterocycles. The van der Waals surface area contributed by atoms with E-state index in [1.165, 1.54) is 28.1 Å². The highest BCUT2D eigenvalue weighted by atomic mass is 14.9. The fraction of sp³-hybridized carbons (Fsp3) is 0.143. The van der Waals surface area contributed by atoms with Crippen molar-refractivity contribution in [1.82, 2.24) is 0 Å². The van der Waals surface area contributed by atoms with Crippen molar-refractivity contribution in [3.63, 3.8) is 0 Å². The normalized spacial score (nSPS) is 12.3. The Balaban J connectivity index is 2.22. The summed E-state index contributed by atoms with van der Waals surface area (Å²) in [7, 11) is 0. The lowest BCUT2D eigenvalue weighted by Crippen LogP contribution is -2.69. The summed E-state index contributed by atoms with van der Waals surface area (Å²) in [6.07, 6.45) is 1.11. The molecule has 0 spiro atoms. The van der Waals surface area contributed by atoms with Gasteiger partial charge < -0.3 is 0 Å². The molecular weight excluding hydrogens is 182 g/mol. The molecular formula is C14H14N+. The van der Waals surface area contributed by atoms with E-state index in [2.05, 4.69) is 54.7 Å². The highest BCUT2D eigenvalue weighted by Crippen LogP contribution is 2.35. The van der Waals surface area contributed by atoms with Crippen molar-refractivity contribution in [3.8, 4) is 11.1 Å². The van der Waals surface area contributed by atoms with Crippen molar-refractivity contribution in [1.29, 1.82) is 0 Å². The summed E-state index contributed by atoms with van der Waals surface area (Å²) in [5.41, 5.74) is 6.89. The van der Waals surface area contributed by atoms with Crippen LogP contribution in [0.15, 0.2) is 42.5 Å². The molecule has 1 aliphatic heterocycles. The highest BCUT2D eigenvalue weighted by molar-refractivity contribution is 5.84. The van der Waals surface area contributed by atoms with Crippen molar-refractivity contribution in [2.45, 2.75) is 13.3 Å². The molecule has 0 bridgehead atoms. The van der Waals surface area contributed by atoms with E-state index >= 15 is 0 Å². The molecule has 1 nitrogen and oxygen atoms in total. The molecule has 2 aromatic rings. The summed E-state index contributed by atoms with van der Waals surface area (Å²) in [5.74, 6) is 0. The van der Waals surface area contributed by atoms with Gasteiger partial charge in [0.1, 0.15) is 11.4 Å². The molecule has 0 atom stereocenters. The Bertz CT molecular complexity index is 514. The third-order valence-electron chi connectivity index (χ3n) is 3.09. The maximum atomic E-state index is 2.32. The van der Waals surface area contributed by atoms with Gasteiger partial charge in [0.05, 0.1) is 0 Å². The molecule has 3 rings (SSSR count). The minimum atomic E-state index is 1.11. The third-order valence-corrected chi connectivity index (χ3v) is 3.09. The predicted molar refractivity (Wildman–Crippen MR) is 62.5 cm³/mol. The van der Waals surface area contributed by atoms with E-state index in [0.29, 0.717) is 0 Å². The maximum absolute atomic E-state index is 2.32.